The van der Waals surface area contributed by atoms with E-state index in [1.165, 1.54) is 5.56 Å². The van der Waals surface area contributed by atoms with E-state index in [9.17, 15) is 4.79 Å². The highest BCUT2D eigenvalue weighted by Crippen LogP contribution is 2.25. The predicted octanol–water partition coefficient (Wildman–Crippen LogP) is 4.73. The number of aryl methyl sites for hydroxylation is 1. The molecule has 2 heterocycles. The third kappa shape index (κ3) is 3.22. The molecule has 26 heavy (non-hydrogen) atoms. The largest absolute Gasteiger partial charge is 0.463 e. The van der Waals surface area contributed by atoms with E-state index in [-0.39, 0.29) is 5.91 Å². The number of benzene rings is 2. The Morgan fingerprint density at radius 3 is 2.62 bits per heavy atom. The third-order valence-corrected chi connectivity index (χ3v) is 4.31. The molecule has 1 N–H and O–H groups in total. The van der Waals surface area contributed by atoms with E-state index in [4.69, 9.17) is 4.42 Å². The molecule has 0 aliphatic rings. The van der Waals surface area contributed by atoms with Crippen molar-refractivity contribution < 1.29 is 9.21 Å². The molecule has 0 radical (unpaired) electrons. The van der Waals surface area contributed by atoms with Crippen LogP contribution >= 0.6 is 0 Å². The molecule has 2 aromatic carbocycles. The fraction of sp³-hybridized carbons (Fsp3) is 0.0909. The van der Waals surface area contributed by atoms with Gasteiger partial charge in [0.2, 0.25) is 0 Å². The third-order valence-electron chi connectivity index (χ3n) is 4.31. The van der Waals surface area contributed by atoms with Gasteiger partial charge < -0.3 is 9.73 Å². The Kier molecular flexibility index (Phi) is 4.23. The Morgan fingerprint density at radius 1 is 1.04 bits per heavy atom. The number of para-hydroxylation sites is 1. The molecule has 0 spiro atoms. The summed E-state index contributed by atoms with van der Waals surface area (Å²) in [5, 5.41) is 3.83. The Hall–Kier alpha value is -3.40. The summed E-state index contributed by atoms with van der Waals surface area (Å²) >= 11 is 0. The van der Waals surface area contributed by atoms with Crippen LogP contribution in [0.1, 0.15) is 21.5 Å². The van der Waals surface area contributed by atoms with Crippen LogP contribution in [0.25, 0.3) is 22.4 Å². The van der Waals surface area contributed by atoms with Crippen molar-refractivity contribution in [2.45, 2.75) is 13.5 Å². The van der Waals surface area contributed by atoms with Crippen LogP contribution in [0.15, 0.2) is 77.4 Å². The van der Waals surface area contributed by atoms with Gasteiger partial charge in [-0.05, 0) is 36.8 Å². The van der Waals surface area contributed by atoms with Gasteiger partial charge in [-0.3, -0.25) is 4.79 Å². The highest BCUT2D eigenvalue weighted by molar-refractivity contribution is 6.07. The van der Waals surface area contributed by atoms with Crippen molar-refractivity contribution in [2.24, 2.45) is 0 Å². The van der Waals surface area contributed by atoms with Gasteiger partial charge in [-0.2, -0.15) is 0 Å². The summed E-state index contributed by atoms with van der Waals surface area (Å²) in [7, 11) is 0. The van der Waals surface area contributed by atoms with E-state index >= 15 is 0 Å². The fourth-order valence-electron chi connectivity index (χ4n) is 2.90. The lowest BCUT2D eigenvalue weighted by Crippen LogP contribution is -2.23. The number of furan rings is 1. The van der Waals surface area contributed by atoms with Gasteiger partial charge in [0.1, 0.15) is 5.69 Å². The Morgan fingerprint density at radius 2 is 1.85 bits per heavy atom. The number of carbonyl (C=O) groups excluding carboxylic acids is 1. The van der Waals surface area contributed by atoms with Crippen LogP contribution in [-0.2, 0) is 6.54 Å². The van der Waals surface area contributed by atoms with Crippen LogP contribution in [-0.4, -0.2) is 10.9 Å². The van der Waals surface area contributed by atoms with Crippen molar-refractivity contribution in [3.05, 3.63) is 89.7 Å². The van der Waals surface area contributed by atoms with Crippen LogP contribution in [0.3, 0.4) is 0 Å². The highest BCUT2D eigenvalue weighted by Gasteiger charge is 2.14. The van der Waals surface area contributed by atoms with Crippen LogP contribution < -0.4 is 5.32 Å². The van der Waals surface area contributed by atoms with Crippen molar-refractivity contribution in [3.63, 3.8) is 0 Å². The molecule has 0 fully saturated rings. The van der Waals surface area contributed by atoms with Crippen molar-refractivity contribution in [1.82, 2.24) is 10.3 Å². The summed E-state index contributed by atoms with van der Waals surface area (Å²) in [5.41, 5.74) is 4.27. The van der Waals surface area contributed by atoms with Gasteiger partial charge >= 0.3 is 0 Å². The molecule has 0 unspecified atom stereocenters. The quantitative estimate of drug-likeness (QED) is 0.583. The van der Waals surface area contributed by atoms with Crippen molar-refractivity contribution >= 4 is 16.8 Å². The van der Waals surface area contributed by atoms with Gasteiger partial charge in [0.15, 0.2) is 5.76 Å². The molecule has 4 nitrogen and oxygen atoms in total. The second kappa shape index (κ2) is 6.84. The number of nitrogens with zero attached hydrogens (tertiary/aromatic N) is 1. The number of rotatable bonds is 4. The zero-order chi connectivity index (χ0) is 17.9. The lowest BCUT2D eigenvalue weighted by Gasteiger charge is -2.10. The maximum Gasteiger partial charge on any atom is 0.252 e. The van der Waals surface area contributed by atoms with Gasteiger partial charge in [-0.1, -0.05) is 48.0 Å². The van der Waals surface area contributed by atoms with E-state index in [2.05, 4.69) is 10.3 Å². The fourth-order valence-corrected chi connectivity index (χ4v) is 2.90. The highest BCUT2D eigenvalue weighted by atomic mass is 16.3. The second-order valence-corrected chi connectivity index (χ2v) is 6.22. The lowest BCUT2D eigenvalue weighted by atomic mass is 10.1. The van der Waals surface area contributed by atoms with E-state index in [0.29, 0.717) is 23.6 Å². The van der Waals surface area contributed by atoms with Crippen LogP contribution in [0, 0.1) is 6.92 Å². The van der Waals surface area contributed by atoms with Crippen molar-refractivity contribution in [2.75, 3.05) is 0 Å². The first-order valence-corrected chi connectivity index (χ1v) is 8.48. The SMILES string of the molecule is Cc1ccc(CNC(=O)c2cc(-c3ccco3)nc3ccccc23)cc1. The number of amides is 1. The van der Waals surface area contributed by atoms with E-state index in [1.54, 1.807) is 12.3 Å². The average molecular weight is 342 g/mol. The van der Waals surface area contributed by atoms with Crippen molar-refractivity contribution in [1.29, 1.82) is 0 Å². The van der Waals surface area contributed by atoms with Gasteiger partial charge in [0.25, 0.3) is 5.91 Å². The van der Waals surface area contributed by atoms with Crippen LogP contribution in [0.5, 0.6) is 0 Å². The lowest BCUT2D eigenvalue weighted by molar-refractivity contribution is 0.0952. The number of fused-ring (bicyclic) bond motifs is 1. The Labute approximate surface area is 151 Å². The van der Waals surface area contributed by atoms with E-state index < -0.39 is 0 Å². The smallest absolute Gasteiger partial charge is 0.252 e. The molecular formula is C22H18N2O2. The summed E-state index contributed by atoms with van der Waals surface area (Å²) in [6.07, 6.45) is 1.60. The van der Waals surface area contributed by atoms with Crippen LogP contribution in [0.2, 0.25) is 0 Å². The van der Waals surface area contributed by atoms with Gasteiger partial charge in [0, 0.05) is 11.9 Å². The first kappa shape index (κ1) is 16.1. The summed E-state index contributed by atoms with van der Waals surface area (Å²) in [6, 6.07) is 21.2. The molecule has 4 rings (SSSR count). The zero-order valence-electron chi connectivity index (χ0n) is 14.4. The minimum atomic E-state index is -0.128. The van der Waals surface area contributed by atoms with E-state index in [0.717, 1.165) is 16.5 Å². The molecule has 1 amide bonds. The summed E-state index contributed by atoms with van der Waals surface area (Å²) in [4.78, 5) is 17.5. The number of pyridine rings is 1. The minimum absolute atomic E-state index is 0.128. The normalized spacial score (nSPS) is 10.8. The number of hydrogen-bond donors (Lipinski definition) is 1. The topological polar surface area (TPSA) is 55.1 Å². The Bertz CT molecular complexity index is 1050. The van der Waals surface area contributed by atoms with Gasteiger partial charge in [-0.25, -0.2) is 4.98 Å². The molecule has 128 valence electrons. The number of hydrogen-bond acceptors (Lipinski definition) is 3. The number of aromatic nitrogens is 1. The molecule has 0 atom stereocenters. The molecule has 0 saturated heterocycles. The molecule has 0 aliphatic carbocycles. The predicted molar refractivity (Wildman–Crippen MR) is 102 cm³/mol. The first-order chi connectivity index (χ1) is 12.7. The summed E-state index contributed by atoms with van der Waals surface area (Å²) in [6.45, 7) is 2.52. The van der Waals surface area contributed by atoms with Gasteiger partial charge in [-0.15, -0.1) is 0 Å². The molecular weight excluding hydrogens is 324 g/mol. The maximum atomic E-state index is 12.9. The molecule has 4 heteroatoms. The molecule has 0 bridgehead atoms. The van der Waals surface area contributed by atoms with Crippen molar-refractivity contribution in [3.8, 4) is 11.5 Å². The van der Waals surface area contributed by atoms with Gasteiger partial charge in [0.05, 0.1) is 17.3 Å². The van der Waals surface area contributed by atoms with Crippen LogP contribution in [0.4, 0.5) is 0 Å². The molecule has 2 aromatic heterocycles. The molecule has 4 aromatic rings. The minimum Gasteiger partial charge on any atom is -0.463 e. The molecule has 0 saturated carbocycles. The molecule has 0 aliphatic heterocycles. The zero-order valence-corrected chi connectivity index (χ0v) is 14.4. The standard InChI is InChI=1S/C22H18N2O2/c1-15-8-10-16(11-9-15)14-23-22(25)18-13-20(21-7-4-12-26-21)24-19-6-3-2-5-17(18)19/h2-13H,14H2,1H3,(H,23,25). The van der Waals surface area contributed by atoms with E-state index in [1.807, 2.05) is 67.6 Å². The average Bonchev–Trinajstić information content (AvgIpc) is 3.21. The summed E-state index contributed by atoms with van der Waals surface area (Å²) in [5.74, 6) is 0.514. The first-order valence-electron chi connectivity index (χ1n) is 8.48. The summed E-state index contributed by atoms with van der Waals surface area (Å²) < 4.78 is 5.45. The maximum absolute atomic E-state index is 12.9. The number of carbonyl (C=O) groups is 1. The Balaban J connectivity index is 1.67. The monoisotopic (exact) mass is 342 g/mol. The number of nitrogens with one attached hydrogen (secondary N) is 1. The second-order valence-electron chi connectivity index (χ2n) is 6.22.